The highest BCUT2D eigenvalue weighted by Crippen LogP contribution is 2.35. The molecule has 1 amide bonds. The Morgan fingerprint density at radius 1 is 1.23 bits per heavy atom. The third-order valence-corrected chi connectivity index (χ3v) is 3.96. The molecule has 0 bridgehead atoms. The van der Waals surface area contributed by atoms with Crippen molar-refractivity contribution in [3.05, 3.63) is 27.8 Å². The summed E-state index contributed by atoms with van der Waals surface area (Å²) in [6.45, 7) is 4.98. The van der Waals surface area contributed by atoms with Gasteiger partial charge in [0, 0.05) is 26.3 Å². The van der Waals surface area contributed by atoms with Crippen LogP contribution in [-0.4, -0.2) is 68.5 Å². The first kappa shape index (κ1) is 19.9. The average Bonchev–Trinajstić information content (AvgIpc) is 2.59. The highest BCUT2D eigenvalue weighted by Gasteiger charge is 2.32. The molecule has 9 heteroatoms. The van der Waals surface area contributed by atoms with Gasteiger partial charge in [-0.2, -0.15) is 0 Å². The molecule has 0 N–H and O–H groups in total. The molecule has 1 aromatic rings. The van der Waals surface area contributed by atoms with Crippen LogP contribution in [0.1, 0.15) is 24.2 Å². The van der Waals surface area contributed by atoms with Gasteiger partial charge >= 0.3 is 0 Å². The van der Waals surface area contributed by atoms with Crippen LogP contribution in [0.5, 0.6) is 11.5 Å². The molecule has 0 aromatic heterocycles. The number of carbonyl (C=O) groups excluding carboxylic acids is 1. The lowest BCUT2D eigenvalue weighted by Gasteiger charge is -2.35. The summed E-state index contributed by atoms with van der Waals surface area (Å²) in [6, 6.07) is 2.57. The zero-order valence-electron chi connectivity index (χ0n) is 15.4. The Balaban J connectivity index is 2.36. The number of nitro groups is 1. The van der Waals surface area contributed by atoms with E-state index in [0.29, 0.717) is 19.7 Å². The third-order valence-electron chi connectivity index (χ3n) is 3.96. The van der Waals surface area contributed by atoms with E-state index in [1.54, 1.807) is 4.90 Å². The maximum absolute atomic E-state index is 12.9. The highest BCUT2D eigenvalue weighted by atomic mass is 16.6. The summed E-state index contributed by atoms with van der Waals surface area (Å²) in [5, 5.41) is 11.5. The van der Waals surface area contributed by atoms with Crippen LogP contribution >= 0.6 is 0 Å². The van der Waals surface area contributed by atoms with Gasteiger partial charge in [-0.3, -0.25) is 14.9 Å². The van der Waals surface area contributed by atoms with Gasteiger partial charge in [0.05, 0.1) is 36.9 Å². The molecule has 1 aliphatic rings. The number of benzene rings is 1. The van der Waals surface area contributed by atoms with Crippen LogP contribution in [0.4, 0.5) is 5.69 Å². The van der Waals surface area contributed by atoms with Gasteiger partial charge in [0.25, 0.3) is 11.6 Å². The fraction of sp³-hybridized carbons (Fsp3) is 0.588. The van der Waals surface area contributed by atoms with Crippen molar-refractivity contribution in [1.82, 2.24) is 4.90 Å². The minimum absolute atomic E-state index is 0.0350. The Morgan fingerprint density at radius 2 is 1.88 bits per heavy atom. The molecule has 1 heterocycles. The van der Waals surface area contributed by atoms with E-state index in [1.165, 1.54) is 26.4 Å². The van der Waals surface area contributed by atoms with E-state index in [0.717, 1.165) is 0 Å². The number of ether oxygens (including phenoxy) is 4. The first-order chi connectivity index (χ1) is 12.4. The molecule has 0 unspecified atom stereocenters. The predicted molar refractivity (Wildman–Crippen MR) is 92.9 cm³/mol. The van der Waals surface area contributed by atoms with Gasteiger partial charge in [0.15, 0.2) is 11.5 Å². The largest absolute Gasteiger partial charge is 0.493 e. The topological polar surface area (TPSA) is 100 Å². The predicted octanol–water partition coefficient (Wildman–Crippen LogP) is 1.88. The van der Waals surface area contributed by atoms with Gasteiger partial charge in [-0.15, -0.1) is 0 Å². The average molecular weight is 368 g/mol. The van der Waals surface area contributed by atoms with Gasteiger partial charge in [-0.05, 0) is 13.8 Å². The first-order valence-electron chi connectivity index (χ1n) is 8.30. The van der Waals surface area contributed by atoms with Crippen LogP contribution in [-0.2, 0) is 9.47 Å². The molecule has 2 rings (SSSR count). The lowest BCUT2D eigenvalue weighted by Crippen LogP contribution is -2.48. The molecule has 0 aliphatic carbocycles. The number of hydrogen-bond acceptors (Lipinski definition) is 7. The Labute approximate surface area is 151 Å². The van der Waals surface area contributed by atoms with Gasteiger partial charge in [0.2, 0.25) is 0 Å². The van der Waals surface area contributed by atoms with Crippen LogP contribution in [0.3, 0.4) is 0 Å². The third kappa shape index (κ3) is 4.61. The first-order valence-corrected chi connectivity index (χ1v) is 8.30. The highest BCUT2D eigenvalue weighted by molar-refractivity contribution is 5.99. The number of morpholine rings is 1. The van der Waals surface area contributed by atoms with Gasteiger partial charge < -0.3 is 23.8 Å². The molecule has 9 nitrogen and oxygen atoms in total. The summed E-state index contributed by atoms with van der Waals surface area (Å²) >= 11 is 0. The summed E-state index contributed by atoms with van der Waals surface area (Å²) in [6.07, 6.45) is -0.277. The molecule has 144 valence electrons. The van der Waals surface area contributed by atoms with Crippen molar-refractivity contribution in [2.24, 2.45) is 0 Å². The van der Waals surface area contributed by atoms with E-state index >= 15 is 0 Å². The van der Waals surface area contributed by atoms with Gasteiger partial charge in [0.1, 0.15) is 12.2 Å². The number of methoxy groups -OCH3 is 2. The quantitative estimate of drug-likeness (QED) is 0.411. The maximum Gasteiger partial charge on any atom is 0.286 e. The van der Waals surface area contributed by atoms with Crippen LogP contribution in [0, 0.1) is 10.1 Å². The van der Waals surface area contributed by atoms with E-state index < -0.39 is 10.8 Å². The molecule has 2 atom stereocenters. The van der Waals surface area contributed by atoms with E-state index in [4.69, 9.17) is 18.9 Å². The van der Waals surface area contributed by atoms with Crippen molar-refractivity contribution < 1.29 is 28.7 Å². The normalized spacial score (nSPS) is 19.9. The fourth-order valence-electron chi connectivity index (χ4n) is 2.89. The Morgan fingerprint density at radius 3 is 2.42 bits per heavy atom. The molecule has 1 fully saturated rings. The number of hydrogen-bond donors (Lipinski definition) is 0. The Hall–Kier alpha value is -2.39. The van der Waals surface area contributed by atoms with Gasteiger partial charge in [-0.1, -0.05) is 0 Å². The van der Waals surface area contributed by atoms with Crippen LogP contribution < -0.4 is 9.47 Å². The summed E-state index contributed by atoms with van der Waals surface area (Å²) in [4.78, 5) is 25.4. The monoisotopic (exact) mass is 368 g/mol. The van der Waals surface area contributed by atoms with Crippen molar-refractivity contribution in [2.75, 3.05) is 40.5 Å². The van der Waals surface area contributed by atoms with Gasteiger partial charge in [-0.25, -0.2) is 0 Å². The van der Waals surface area contributed by atoms with Crippen LogP contribution in [0.2, 0.25) is 0 Å². The number of nitro benzene ring substituents is 1. The lowest BCUT2D eigenvalue weighted by molar-refractivity contribution is -0.385. The Kier molecular flexibility index (Phi) is 6.76. The van der Waals surface area contributed by atoms with Crippen LogP contribution in [0.25, 0.3) is 0 Å². The molecule has 1 aromatic carbocycles. The summed E-state index contributed by atoms with van der Waals surface area (Å²) < 4.78 is 21.2. The molecule has 1 aliphatic heterocycles. The number of amides is 1. The number of nitrogens with zero attached hydrogens (tertiary/aromatic N) is 2. The molecule has 1 saturated heterocycles. The zero-order valence-corrected chi connectivity index (χ0v) is 15.4. The second kappa shape index (κ2) is 8.81. The second-order valence-electron chi connectivity index (χ2n) is 6.09. The van der Waals surface area contributed by atoms with Crippen LogP contribution in [0.15, 0.2) is 12.1 Å². The SMILES string of the molecule is COCCOc1cc([N+](=O)[O-])c(C(=O)N2C[C@@H](C)O[C@H](C)C2)cc1OC. The van der Waals surface area contributed by atoms with Crippen molar-refractivity contribution in [2.45, 2.75) is 26.1 Å². The van der Waals surface area contributed by atoms with E-state index in [2.05, 4.69) is 0 Å². The molecular weight excluding hydrogens is 344 g/mol. The minimum Gasteiger partial charge on any atom is -0.493 e. The van der Waals surface area contributed by atoms with E-state index in [-0.39, 0.29) is 41.6 Å². The summed E-state index contributed by atoms with van der Waals surface area (Å²) in [5.41, 5.74) is -0.359. The zero-order chi connectivity index (χ0) is 19.3. The van der Waals surface area contributed by atoms with Crippen molar-refractivity contribution in [1.29, 1.82) is 0 Å². The van der Waals surface area contributed by atoms with E-state index in [1.807, 2.05) is 13.8 Å². The second-order valence-corrected chi connectivity index (χ2v) is 6.09. The van der Waals surface area contributed by atoms with Crippen molar-refractivity contribution in [3.8, 4) is 11.5 Å². The fourth-order valence-corrected chi connectivity index (χ4v) is 2.89. The number of rotatable bonds is 7. The molecule has 0 saturated carbocycles. The number of carbonyl (C=O) groups is 1. The summed E-state index contributed by atoms with van der Waals surface area (Å²) in [7, 11) is 2.94. The molecule has 26 heavy (non-hydrogen) atoms. The molecule has 0 radical (unpaired) electrons. The molecular formula is C17H24N2O7. The standard InChI is InChI=1S/C17H24N2O7/c1-11-9-18(10-12(2)26-11)17(20)13-7-15(24-4)16(25-6-5-23-3)8-14(13)19(21)22/h7-8,11-12H,5-6,9-10H2,1-4H3/t11-,12-/m1/s1. The van der Waals surface area contributed by atoms with Crippen molar-refractivity contribution in [3.63, 3.8) is 0 Å². The summed E-state index contributed by atoms with van der Waals surface area (Å²) in [5.74, 6) is 0.0152. The Bertz CT molecular complexity index is 655. The maximum atomic E-state index is 12.9. The van der Waals surface area contributed by atoms with Crippen molar-refractivity contribution >= 4 is 11.6 Å². The minimum atomic E-state index is -0.594. The lowest BCUT2D eigenvalue weighted by atomic mass is 10.1. The van der Waals surface area contributed by atoms with E-state index in [9.17, 15) is 14.9 Å². The molecule has 0 spiro atoms. The smallest absolute Gasteiger partial charge is 0.286 e.